The minimum atomic E-state index is 0.645. The summed E-state index contributed by atoms with van der Waals surface area (Å²) in [6.07, 6.45) is 6.39. The molecule has 164 valence electrons. The molecule has 2 aliphatic heterocycles. The summed E-state index contributed by atoms with van der Waals surface area (Å²) in [5, 5.41) is 4.52. The van der Waals surface area contributed by atoms with Gasteiger partial charge in [0, 0.05) is 75.1 Å². The number of hydrogen-bond donors (Lipinski definition) is 1. The van der Waals surface area contributed by atoms with Crippen molar-refractivity contribution >= 4 is 28.4 Å². The second kappa shape index (κ2) is 8.85. The molecule has 0 amide bonds. The van der Waals surface area contributed by atoms with Crippen molar-refractivity contribution in [2.75, 3.05) is 56.7 Å². The first-order chi connectivity index (χ1) is 15.2. The predicted molar refractivity (Wildman–Crippen MR) is 125 cm³/mol. The predicted octanol–water partition coefficient (Wildman–Crippen LogP) is 3.66. The second-order valence-corrected chi connectivity index (χ2v) is 8.91. The topological polar surface area (TPSA) is 58.5 Å². The van der Waals surface area contributed by atoms with Crippen LogP contribution in [0.15, 0.2) is 36.7 Å². The van der Waals surface area contributed by atoms with Gasteiger partial charge < -0.3 is 24.4 Å². The van der Waals surface area contributed by atoms with Crippen LogP contribution in [0.4, 0.5) is 17.3 Å². The minimum Gasteiger partial charge on any atom is -0.381 e. The van der Waals surface area contributed by atoms with E-state index < -0.39 is 0 Å². The number of nitrogens with one attached hydrogen (secondary N) is 1. The van der Waals surface area contributed by atoms with Gasteiger partial charge in [0.2, 0.25) is 5.95 Å². The second-order valence-electron chi connectivity index (χ2n) is 8.91. The molecule has 0 radical (unpaired) electrons. The van der Waals surface area contributed by atoms with Crippen LogP contribution < -0.4 is 10.2 Å². The normalized spacial score (nSPS) is 18.6. The molecule has 0 aliphatic carbocycles. The molecule has 7 nitrogen and oxygen atoms in total. The summed E-state index contributed by atoms with van der Waals surface area (Å²) in [6.45, 7) is 9.24. The lowest BCUT2D eigenvalue weighted by Gasteiger charge is -2.34. The molecule has 2 aliphatic rings. The number of aromatic nitrogens is 3. The van der Waals surface area contributed by atoms with Gasteiger partial charge in [0.15, 0.2) is 0 Å². The smallest absolute Gasteiger partial charge is 0.229 e. The quantitative estimate of drug-likeness (QED) is 0.680. The third-order valence-electron chi connectivity index (χ3n) is 6.60. The fourth-order valence-corrected chi connectivity index (χ4v) is 4.59. The first kappa shape index (κ1) is 20.3. The minimum absolute atomic E-state index is 0.645. The van der Waals surface area contributed by atoms with Crippen molar-refractivity contribution < 1.29 is 4.74 Å². The largest absolute Gasteiger partial charge is 0.381 e. The molecule has 1 N–H and O–H groups in total. The van der Waals surface area contributed by atoms with Gasteiger partial charge in [-0.05, 0) is 62.6 Å². The maximum absolute atomic E-state index is 5.52. The van der Waals surface area contributed by atoms with Crippen LogP contribution in [-0.4, -0.2) is 65.9 Å². The van der Waals surface area contributed by atoms with Gasteiger partial charge in [-0.3, -0.25) is 0 Å². The third kappa shape index (κ3) is 4.52. The van der Waals surface area contributed by atoms with E-state index in [9.17, 15) is 0 Å². The fourth-order valence-electron chi connectivity index (χ4n) is 4.59. The lowest BCUT2D eigenvalue weighted by molar-refractivity contribution is 0.0616. The highest BCUT2D eigenvalue weighted by atomic mass is 16.5. The average molecular weight is 421 g/mol. The van der Waals surface area contributed by atoms with Gasteiger partial charge in [0.05, 0.1) is 0 Å². The van der Waals surface area contributed by atoms with Crippen LogP contribution in [0.25, 0.3) is 11.0 Å². The Labute approximate surface area is 184 Å². The number of fused-ring (bicyclic) bond motifs is 1. The Morgan fingerprint density at radius 1 is 1.06 bits per heavy atom. The summed E-state index contributed by atoms with van der Waals surface area (Å²) in [7, 11) is 2.18. The van der Waals surface area contributed by atoms with Crippen LogP contribution in [0.3, 0.4) is 0 Å². The SMILES string of the molecule is Cc1cn(CC2CCOCC2)c2nc(Nc3ccc(N4CCN(C)CC4)cc3)ncc12. The molecule has 7 heteroatoms. The van der Waals surface area contributed by atoms with E-state index in [2.05, 4.69) is 69.1 Å². The van der Waals surface area contributed by atoms with Crippen molar-refractivity contribution in [1.29, 1.82) is 0 Å². The van der Waals surface area contributed by atoms with E-state index in [0.29, 0.717) is 11.9 Å². The number of likely N-dealkylation sites (N-methyl/N-ethyl adjacent to an activating group) is 1. The zero-order valence-electron chi connectivity index (χ0n) is 18.5. The molecule has 2 aromatic heterocycles. The van der Waals surface area contributed by atoms with Crippen LogP contribution in [0, 0.1) is 12.8 Å². The number of hydrogen-bond acceptors (Lipinski definition) is 6. The molecule has 5 rings (SSSR count). The molecule has 2 fully saturated rings. The van der Waals surface area contributed by atoms with Gasteiger partial charge in [-0.15, -0.1) is 0 Å². The van der Waals surface area contributed by atoms with E-state index >= 15 is 0 Å². The fraction of sp³-hybridized carbons (Fsp3) is 0.500. The lowest BCUT2D eigenvalue weighted by Crippen LogP contribution is -2.44. The monoisotopic (exact) mass is 420 g/mol. The van der Waals surface area contributed by atoms with Gasteiger partial charge in [-0.1, -0.05) is 0 Å². The van der Waals surface area contributed by atoms with Gasteiger partial charge in [0.1, 0.15) is 5.65 Å². The molecular formula is C24H32N6O. The van der Waals surface area contributed by atoms with Gasteiger partial charge >= 0.3 is 0 Å². The molecule has 0 bridgehead atoms. The summed E-state index contributed by atoms with van der Waals surface area (Å²) in [4.78, 5) is 14.3. The lowest BCUT2D eigenvalue weighted by atomic mass is 10.0. The summed E-state index contributed by atoms with van der Waals surface area (Å²) in [5.74, 6) is 1.29. The number of ether oxygens (including phenoxy) is 1. The van der Waals surface area contributed by atoms with E-state index in [4.69, 9.17) is 9.72 Å². The molecule has 0 atom stereocenters. The standard InChI is InChI=1S/C24H32N6O/c1-18-16-30(17-19-7-13-31-14-8-19)23-22(18)15-25-24(27-23)26-20-3-5-21(6-4-20)29-11-9-28(2)10-12-29/h3-6,15-16,19H,7-14,17H2,1-2H3,(H,25,26,27). The zero-order chi connectivity index (χ0) is 21.2. The summed E-state index contributed by atoms with van der Waals surface area (Å²) < 4.78 is 7.81. The molecule has 0 unspecified atom stereocenters. The molecule has 3 aromatic rings. The zero-order valence-corrected chi connectivity index (χ0v) is 18.5. The molecule has 0 saturated carbocycles. The van der Waals surface area contributed by atoms with Crippen LogP contribution >= 0.6 is 0 Å². The van der Waals surface area contributed by atoms with Gasteiger partial charge in [-0.25, -0.2) is 4.98 Å². The first-order valence-electron chi connectivity index (χ1n) is 11.4. The number of rotatable bonds is 5. The maximum atomic E-state index is 5.52. The van der Waals surface area contributed by atoms with Crippen molar-refractivity contribution in [1.82, 2.24) is 19.4 Å². The van der Waals surface area contributed by atoms with Crippen LogP contribution in [-0.2, 0) is 11.3 Å². The Hall–Kier alpha value is -2.64. The Kier molecular flexibility index (Phi) is 5.78. The first-order valence-corrected chi connectivity index (χ1v) is 11.4. The van der Waals surface area contributed by atoms with Crippen LogP contribution in [0.1, 0.15) is 18.4 Å². The maximum Gasteiger partial charge on any atom is 0.229 e. The third-order valence-corrected chi connectivity index (χ3v) is 6.60. The number of piperazine rings is 1. The van der Waals surface area contributed by atoms with Crippen molar-refractivity contribution in [3.05, 3.63) is 42.2 Å². The molecule has 4 heterocycles. The number of aryl methyl sites for hydroxylation is 1. The summed E-state index contributed by atoms with van der Waals surface area (Å²) in [6, 6.07) is 8.61. The summed E-state index contributed by atoms with van der Waals surface area (Å²) >= 11 is 0. The molecular weight excluding hydrogens is 388 g/mol. The van der Waals surface area contributed by atoms with Gasteiger partial charge in [-0.2, -0.15) is 4.98 Å². The molecule has 2 saturated heterocycles. The number of anilines is 3. The molecule has 31 heavy (non-hydrogen) atoms. The Morgan fingerprint density at radius 2 is 1.81 bits per heavy atom. The van der Waals surface area contributed by atoms with Gasteiger partial charge in [0.25, 0.3) is 0 Å². The van der Waals surface area contributed by atoms with Crippen molar-refractivity contribution in [3.8, 4) is 0 Å². The average Bonchev–Trinajstić information content (AvgIpc) is 3.10. The van der Waals surface area contributed by atoms with Crippen LogP contribution in [0.2, 0.25) is 0 Å². The highest BCUT2D eigenvalue weighted by Gasteiger charge is 2.17. The van der Waals surface area contributed by atoms with Crippen molar-refractivity contribution in [2.45, 2.75) is 26.3 Å². The van der Waals surface area contributed by atoms with Crippen LogP contribution in [0.5, 0.6) is 0 Å². The Bertz CT molecular complexity index is 1020. The number of nitrogens with zero attached hydrogens (tertiary/aromatic N) is 5. The van der Waals surface area contributed by atoms with E-state index in [-0.39, 0.29) is 0 Å². The van der Waals surface area contributed by atoms with E-state index in [1.54, 1.807) is 0 Å². The van der Waals surface area contributed by atoms with E-state index in [1.165, 1.54) is 11.3 Å². The summed E-state index contributed by atoms with van der Waals surface area (Å²) in [5.41, 5.74) is 4.52. The van der Waals surface area contributed by atoms with Crippen molar-refractivity contribution in [3.63, 3.8) is 0 Å². The Balaban J connectivity index is 1.31. The van der Waals surface area contributed by atoms with Crippen molar-refractivity contribution in [2.24, 2.45) is 5.92 Å². The number of benzene rings is 1. The molecule has 1 aromatic carbocycles. The Morgan fingerprint density at radius 3 is 2.55 bits per heavy atom. The van der Waals surface area contributed by atoms with E-state index in [0.717, 1.165) is 75.5 Å². The van der Waals surface area contributed by atoms with E-state index in [1.807, 2.05) is 6.20 Å². The highest BCUT2D eigenvalue weighted by molar-refractivity contribution is 5.80. The highest BCUT2D eigenvalue weighted by Crippen LogP contribution is 2.25. The molecule has 0 spiro atoms.